The summed E-state index contributed by atoms with van der Waals surface area (Å²) in [6, 6.07) is 11.7. The average molecular weight is 273 g/mol. The van der Waals surface area contributed by atoms with Crippen LogP contribution in [0.15, 0.2) is 41.8 Å². The lowest BCUT2D eigenvalue weighted by Gasteiger charge is -2.24. The Bertz CT molecular complexity index is 580. The standard InChI is InChI=1S/C15H15NO2S/c17-15(18)14-10-11-4-1-2-6-13(11)16(14)8-7-12-5-3-9-19-12/h1-6,9,14H,7-8,10H2,(H,17,18). The number of carboxylic acids is 1. The van der Waals surface area contributed by atoms with Gasteiger partial charge in [0.15, 0.2) is 0 Å². The van der Waals surface area contributed by atoms with Crippen molar-refractivity contribution in [2.75, 3.05) is 11.4 Å². The van der Waals surface area contributed by atoms with Gasteiger partial charge in [-0.05, 0) is 29.5 Å². The lowest BCUT2D eigenvalue weighted by Crippen LogP contribution is -2.39. The fourth-order valence-electron chi connectivity index (χ4n) is 2.63. The second-order valence-electron chi connectivity index (χ2n) is 4.71. The number of carbonyl (C=O) groups is 1. The molecule has 1 atom stereocenters. The van der Waals surface area contributed by atoms with E-state index in [4.69, 9.17) is 0 Å². The molecule has 4 heteroatoms. The molecule has 1 unspecified atom stereocenters. The second kappa shape index (κ2) is 5.05. The number of carboxylic acid groups (broad SMARTS) is 1. The van der Waals surface area contributed by atoms with E-state index < -0.39 is 12.0 Å². The van der Waals surface area contributed by atoms with Crippen molar-refractivity contribution in [1.82, 2.24) is 0 Å². The van der Waals surface area contributed by atoms with Gasteiger partial charge < -0.3 is 10.0 Å². The Balaban J connectivity index is 1.81. The molecule has 1 N–H and O–H groups in total. The summed E-state index contributed by atoms with van der Waals surface area (Å²) >= 11 is 1.72. The van der Waals surface area contributed by atoms with Gasteiger partial charge >= 0.3 is 5.97 Å². The Morgan fingerprint density at radius 2 is 2.16 bits per heavy atom. The number of para-hydroxylation sites is 1. The zero-order valence-electron chi connectivity index (χ0n) is 10.5. The van der Waals surface area contributed by atoms with E-state index in [-0.39, 0.29) is 0 Å². The number of fused-ring (bicyclic) bond motifs is 1. The third-order valence-electron chi connectivity index (χ3n) is 3.55. The second-order valence-corrected chi connectivity index (χ2v) is 5.74. The van der Waals surface area contributed by atoms with Crippen molar-refractivity contribution in [1.29, 1.82) is 0 Å². The largest absolute Gasteiger partial charge is 0.480 e. The number of benzene rings is 1. The summed E-state index contributed by atoms with van der Waals surface area (Å²) in [7, 11) is 0. The van der Waals surface area contributed by atoms with E-state index in [1.165, 1.54) is 4.88 Å². The Kier molecular flexibility index (Phi) is 3.25. The zero-order valence-corrected chi connectivity index (χ0v) is 11.3. The van der Waals surface area contributed by atoms with E-state index in [2.05, 4.69) is 11.4 Å². The average Bonchev–Trinajstić information content (AvgIpc) is 3.03. The zero-order chi connectivity index (χ0) is 13.2. The molecule has 2 aromatic rings. The summed E-state index contributed by atoms with van der Waals surface area (Å²) in [5.74, 6) is -0.734. The molecule has 0 amide bonds. The molecule has 2 heterocycles. The molecule has 0 bridgehead atoms. The van der Waals surface area contributed by atoms with Gasteiger partial charge in [0.2, 0.25) is 0 Å². The molecule has 1 aliphatic rings. The first-order chi connectivity index (χ1) is 9.25. The molecule has 0 saturated carbocycles. The van der Waals surface area contributed by atoms with Gasteiger partial charge in [-0.15, -0.1) is 11.3 Å². The quantitative estimate of drug-likeness (QED) is 0.931. The molecule has 0 spiro atoms. The van der Waals surface area contributed by atoms with Crippen molar-refractivity contribution in [2.45, 2.75) is 18.9 Å². The molecule has 0 aliphatic carbocycles. The summed E-state index contributed by atoms with van der Waals surface area (Å²) in [6.45, 7) is 0.758. The minimum atomic E-state index is -0.734. The Labute approximate surface area is 116 Å². The molecule has 19 heavy (non-hydrogen) atoms. The molecule has 1 aromatic carbocycles. The predicted octanol–water partition coefficient (Wildman–Crippen LogP) is 2.81. The van der Waals surface area contributed by atoms with Gasteiger partial charge in [-0.25, -0.2) is 4.79 Å². The lowest BCUT2D eigenvalue weighted by atomic mass is 10.1. The summed E-state index contributed by atoms with van der Waals surface area (Å²) < 4.78 is 0. The van der Waals surface area contributed by atoms with E-state index in [9.17, 15) is 9.90 Å². The number of hydrogen-bond acceptors (Lipinski definition) is 3. The maximum Gasteiger partial charge on any atom is 0.326 e. The van der Waals surface area contributed by atoms with Gasteiger partial charge in [0.05, 0.1) is 0 Å². The highest BCUT2D eigenvalue weighted by molar-refractivity contribution is 7.09. The molecule has 0 saturated heterocycles. The van der Waals surface area contributed by atoms with E-state index in [1.54, 1.807) is 11.3 Å². The maximum atomic E-state index is 11.4. The molecule has 0 fully saturated rings. The van der Waals surface area contributed by atoms with Crippen molar-refractivity contribution >= 4 is 23.0 Å². The first kappa shape index (κ1) is 12.2. The van der Waals surface area contributed by atoms with Gasteiger partial charge in [0, 0.05) is 23.5 Å². The van der Waals surface area contributed by atoms with Crippen LogP contribution in [0.5, 0.6) is 0 Å². The lowest BCUT2D eigenvalue weighted by molar-refractivity contribution is -0.138. The van der Waals surface area contributed by atoms with Crippen molar-refractivity contribution in [3.05, 3.63) is 52.2 Å². The van der Waals surface area contributed by atoms with Gasteiger partial charge in [0.1, 0.15) is 6.04 Å². The minimum Gasteiger partial charge on any atom is -0.480 e. The van der Waals surface area contributed by atoms with Crippen molar-refractivity contribution in [2.24, 2.45) is 0 Å². The molecule has 0 radical (unpaired) electrons. The molecular weight excluding hydrogens is 258 g/mol. The number of rotatable bonds is 4. The monoisotopic (exact) mass is 273 g/mol. The molecule has 1 aromatic heterocycles. The van der Waals surface area contributed by atoms with Crippen LogP contribution in [0.3, 0.4) is 0 Å². The summed E-state index contributed by atoms with van der Waals surface area (Å²) in [5, 5.41) is 11.4. The predicted molar refractivity (Wildman–Crippen MR) is 76.9 cm³/mol. The van der Waals surface area contributed by atoms with Gasteiger partial charge in [0.25, 0.3) is 0 Å². The van der Waals surface area contributed by atoms with Crippen LogP contribution >= 0.6 is 11.3 Å². The van der Waals surface area contributed by atoms with Crippen LogP contribution < -0.4 is 4.90 Å². The van der Waals surface area contributed by atoms with Crippen LogP contribution in [0, 0.1) is 0 Å². The SMILES string of the molecule is O=C(O)C1Cc2ccccc2N1CCc1cccs1. The van der Waals surface area contributed by atoms with Crippen LogP contribution in [0.2, 0.25) is 0 Å². The van der Waals surface area contributed by atoms with E-state index >= 15 is 0 Å². The van der Waals surface area contributed by atoms with Crippen molar-refractivity contribution in [3.8, 4) is 0 Å². The first-order valence-electron chi connectivity index (χ1n) is 6.35. The van der Waals surface area contributed by atoms with Crippen LogP contribution in [0.1, 0.15) is 10.4 Å². The molecule has 3 rings (SSSR count). The number of anilines is 1. The topological polar surface area (TPSA) is 40.5 Å². The third kappa shape index (κ3) is 2.36. The maximum absolute atomic E-state index is 11.4. The highest BCUT2D eigenvalue weighted by Crippen LogP contribution is 2.32. The van der Waals surface area contributed by atoms with Crippen molar-refractivity contribution < 1.29 is 9.90 Å². The van der Waals surface area contributed by atoms with Crippen LogP contribution in [0.25, 0.3) is 0 Å². The molecule has 98 valence electrons. The van der Waals surface area contributed by atoms with Crippen LogP contribution in [0.4, 0.5) is 5.69 Å². The highest BCUT2D eigenvalue weighted by Gasteiger charge is 2.33. The Hall–Kier alpha value is -1.81. The molecule has 3 nitrogen and oxygen atoms in total. The highest BCUT2D eigenvalue weighted by atomic mass is 32.1. The molecular formula is C15H15NO2S. The number of thiophene rings is 1. The normalized spacial score (nSPS) is 17.5. The van der Waals surface area contributed by atoms with Gasteiger partial charge in [-0.2, -0.15) is 0 Å². The van der Waals surface area contributed by atoms with Crippen molar-refractivity contribution in [3.63, 3.8) is 0 Å². The molecule has 1 aliphatic heterocycles. The first-order valence-corrected chi connectivity index (χ1v) is 7.23. The summed E-state index contributed by atoms with van der Waals surface area (Å²) in [6.07, 6.45) is 1.51. The number of nitrogens with zero attached hydrogens (tertiary/aromatic N) is 1. The number of hydrogen-bond donors (Lipinski definition) is 1. The fourth-order valence-corrected chi connectivity index (χ4v) is 3.33. The van der Waals surface area contributed by atoms with E-state index in [0.29, 0.717) is 6.42 Å². The summed E-state index contributed by atoms with van der Waals surface area (Å²) in [4.78, 5) is 14.7. The summed E-state index contributed by atoms with van der Waals surface area (Å²) in [5.41, 5.74) is 2.22. The third-order valence-corrected chi connectivity index (χ3v) is 4.49. The Morgan fingerprint density at radius 1 is 1.32 bits per heavy atom. The Morgan fingerprint density at radius 3 is 2.89 bits per heavy atom. The smallest absolute Gasteiger partial charge is 0.326 e. The van der Waals surface area contributed by atoms with Gasteiger partial charge in [-0.3, -0.25) is 0 Å². The van der Waals surface area contributed by atoms with E-state index in [0.717, 1.165) is 24.2 Å². The fraction of sp³-hybridized carbons (Fsp3) is 0.267. The van der Waals surface area contributed by atoms with E-state index in [1.807, 2.05) is 35.2 Å². The van der Waals surface area contributed by atoms with Crippen LogP contribution in [-0.2, 0) is 17.6 Å². The van der Waals surface area contributed by atoms with Gasteiger partial charge in [-0.1, -0.05) is 24.3 Å². The minimum absolute atomic E-state index is 0.419. The van der Waals surface area contributed by atoms with Crippen LogP contribution in [-0.4, -0.2) is 23.7 Å². The number of aliphatic carboxylic acids is 1.